The molecule has 134 valence electrons. The van der Waals surface area contributed by atoms with Gasteiger partial charge in [0.2, 0.25) is 0 Å². The highest BCUT2D eigenvalue weighted by Gasteiger charge is 2.26. The summed E-state index contributed by atoms with van der Waals surface area (Å²) in [5.41, 5.74) is 8.45. The fraction of sp³-hybridized carbons (Fsp3) is 0.417. The Morgan fingerprint density at radius 3 is 1.88 bits per heavy atom. The van der Waals surface area contributed by atoms with E-state index in [2.05, 4.69) is 58.7 Å². The van der Waals surface area contributed by atoms with Gasteiger partial charge in [0.15, 0.2) is 0 Å². The molecular formula is C24H28N2. The quantitative estimate of drug-likeness (QED) is 0.725. The van der Waals surface area contributed by atoms with Crippen molar-refractivity contribution in [3.05, 3.63) is 59.7 Å². The Labute approximate surface area is 156 Å². The van der Waals surface area contributed by atoms with Crippen LogP contribution in [0.3, 0.4) is 0 Å². The predicted octanol–water partition coefficient (Wildman–Crippen LogP) is 5.94. The zero-order valence-corrected chi connectivity index (χ0v) is 15.5. The third-order valence-corrected chi connectivity index (χ3v) is 6.49. The van der Waals surface area contributed by atoms with Gasteiger partial charge in [-0.1, -0.05) is 49.2 Å². The van der Waals surface area contributed by atoms with E-state index in [1.807, 2.05) is 0 Å². The van der Waals surface area contributed by atoms with E-state index in [1.165, 1.54) is 67.8 Å². The monoisotopic (exact) mass is 344 g/mol. The molecule has 0 aromatic heterocycles. The Hall–Kier alpha value is -2.06. The van der Waals surface area contributed by atoms with Crippen LogP contribution in [0.2, 0.25) is 0 Å². The zero-order valence-electron chi connectivity index (χ0n) is 15.5. The molecule has 0 unspecified atom stereocenters. The maximum absolute atomic E-state index is 3.69. The lowest BCUT2D eigenvalue weighted by molar-refractivity contribution is 0.244. The summed E-state index contributed by atoms with van der Waals surface area (Å²) in [5, 5.41) is 3.69. The van der Waals surface area contributed by atoms with Gasteiger partial charge in [0.25, 0.3) is 0 Å². The maximum Gasteiger partial charge on any atom is 0.0460 e. The molecule has 0 bridgehead atoms. The van der Waals surface area contributed by atoms with Crippen LogP contribution in [0.4, 0.5) is 11.4 Å². The summed E-state index contributed by atoms with van der Waals surface area (Å²) in [7, 11) is 0. The number of hydrogen-bond acceptors (Lipinski definition) is 2. The first kappa shape index (κ1) is 16.1. The van der Waals surface area contributed by atoms with Crippen molar-refractivity contribution in [3.63, 3.8) is 0 Å². The molecule has 2 nitrogen and oxygen atoms in total. The average molecular weight is 345 g/mol. The van der Waals surface area contributed by atoms with Crippen molar-refractivity contribution in [3.8, 4) is 0 Å². The second kappa shape index (κ2) is 6.92. The van der Waals surface area contributed by atoms with Gasteiger partial charge >= 0.3 is 0 Å². The van der Waals surface area contributed by atoms with Crippen molar-refractivity contribution in [2.45, 2.75) is 38.5 Å². The molecule has 0 spiro atoms. The number of fused-ring (bicyclic) bond motifs is 4. The second-order valence-electron chi connectivity index (χ2n) is 8.12. The van der Waals surface area contributed by atoms with Crippen LogP contribution in [0.15, 0.2) is 48.5 Å². The summed E-state index contributed by atoms with van der Waals surface area (Å²) in [6.07, 6.45) is 8.10. The predicted molar refractivity (Wildman–Crippen MR) is 111 cm³/mol. The van der Waals surface area contributed by atoms with Crippen molar-refractivity contribution in [1.82, 2.24) is 4.90 Å². The van der Waals surface area contributed by atoms with Gasteiger partial charge < -0.3 is 10.2 Å². The minimum Gasteiger partial charge on any atom is -0.355 e. The molecule has 1 fully saturated rings. The third kappa shape index (κ3) is 2.97. The number of benzene rings is 2. The molecule has 3 aliphatic rings. The lowest BCUT2D eigenvalue weighted by Gasteiger charge is -2.24. The largest absolute Gasteiger partial charge is 0.355 e. The lowest BCUT2D eigenvalue weighted by atomic mass is 9.91. The zero-order chi connectivity index (χ0) is 17.3. The minimum absolute atomic E-state index is 0.939. The van der Waals surface area contributed by atoms with Crippen LogP contribution >= 0.6 is 0 Å². The van der Waals surface area contributed by atoms with Crippen molar-refractivity contribution in [2.24, 2.45) is 5.92 Å². The summed E-state index contributed by atoms with van der Waals surface area (Å²) in [6.45, 7) is 3.71. The summed E-state index contributed by atoms with van der Waals surface area (Å²) in [5.74, 6) is 0.939. The smallest absolute Gasteiger partial charge is 0.0460 e. The molecule has 0 amide bonds. The Morgan fingerprint density at radius 2 is 1.31 bits per heavy atom. The molecule has 2 heteroatoms. The highest BCUT2D eigenvalue weighted by atomic mass is 15.1. The van der Waals surface area contributed by atoms with Crippen LogP contribution in [-0.4, -0.2) is 24.5 Å². The normalized spacial score (nSPS) is 20.6. The first-order valence-corrected chi connectivity index (χ1v) is 10.3. The van der Waals surface area contributed by atoms with E-state index in [1.54, 1.807) is 11.1 Å². The van der Waals surface area contributed by atoms with Crippen molar-refractivity contribution in [2.75, 3.05) is 25.0 Å². The highest BCUT2D eigenvalue weighted by Crippen LogP contribution is 2.43. The molecule has 5 rings (SSSR count). The fourth-order valence-electron chi connectivity index (χ4n) is 5.14. The standard InChI is InChI=1S/C24H28N2/c1-2-8-18(7-1)17-26-15-13-19-20(14-16-26)22-10-4-6-12-24(22)25-23-11-5-3-9-21(19)23/h3-6,9-12,18,25H,1-2,7-8,13-17H2. The maximum atomic E-state index is 3.69. The van der Waals surface area contributed by atoms with Gasteiger partial charge in [-0.25, -0.2) is 0 Å². The Balaban J connectivity index is 1.50. The van der Waals surface area contributed by atoms with Crippen LogP contribution in [0, 0.1) is 5.92 Å². The summed E-state index contributed by atoms with van der Waals surface area (Å²) < 4.78 is 0. The first-order valence-electron chi connectivity index (χ1n) is 10.3. The number of anilines is 2. The van der Waals surface area contributed by atoms with Crippen LogP contribution < -0.4 is 5.32 Å². The van der Waals surface area contributed by atoms with E-state index in [-0.39, 0.29) is 0 Å². The van der Waals surface area contributed by atoms with Crippen LogP contribution in [0.5, 0.6) is 0 Å². The minimum atomic E-state index is 0.939. The molecule has 26 heavy (non-hydrogen) atoms. The first-order chi connectivity index (χ1) is 12.9. The molecule has 2 aromatic carbocycles. The van der Waals surface area contributed by atoms with Gasteiger partial charge in [-0.3, -0.25) is 0 Å². The Bertz CT molecular complexity index is 770. The second-order valence-corrected chi connectivity index (χ2v) is 8.12. The van der Waals surface area contributed by atoms with E-state index in [9.17, 15) is 0 Å². The lowest BCUT2D eigenvalue weighted by Crippen LogP contribution is -2.30. The molecule has 0 atom stereocenters. The molecule has 2 heterocycles. The summed E-state index contributed by atoms with van der Waals surface area (Å²) >= 11 is 0. The SMILES string of the molecule is c1ccc2c(c1)Nc1ccccc1C1=C2CCN(CC2CCCC2)CC1. The molecule has 2 aliphatic heterocycles. The fourth-order valence-corrected chi connectivity index (χ4v) is 5.14. The van der Waals surface area contributed by atoms with E-state index < -0.39 is 0 Å². The molecule has 0 radical (unpaired) electrons. The molecular weight excluding hydrogens is 316 g/mol. The molecule has 1 aliphatic carbocycles. The molecule has 1 N–H and O–H groups in total. The van der Waals surface area contributed by atoms with Crippen molar-refractivity contribution < 1.29 is 0 Å². The van der Waals surface area contributed by atoms with Gasteiger partial charge in [0.05, 0.1) is 0 Å². The number of hydrogen-bond donors (Lipinski definition) is 1. The topological polar surface area (TPSA) is 15.3 Å². The van der Waals surface area contributed by atoms with Crippen LogP contribution in [0.1, 0.15) is 49.7 Å². The van der Waals surface area contributed by atoms with E-state index in [0.29, 0.717) is 0 Å². The van der Waals surface area contributed by atoms with Gasteiger partial charge in [-0.2, -0.15) is 0 Å². The number of rotatable bonds is 2. The van der Waals surface area contributed by atoms with Crippen LogP contribution in [-0.2, 0) is 0 Å². The van der Waals surface area contributed by atoms with E-state index in [0.717, 1.165) is 18.8 Å². The number of nitrogens with zero attached hydrogens (tertiary/aromatic N) is 1. The summed E-state index contributed by atoms with van der Waals surface area (Å²) in [6, 6.07) is 17.7. The van der Waals surface area contributed by atoms with Gasteiger partial charge in [-0.05, 0) is 54.9 Å². The highest BCUT2D eigenvalue weighted by molar-refractivity contribution is 6.00. The molecule has 1 saturated carbocycles. The van der Waals surface area contributed by atoms with E-state index >= 15 is 0 Å². The van der Waals surface area contributed by atoms with Crippen LogP contribution in [0.25, 0.3) is 11.1 Å². The number of nitrogens with one attached hydrogen (secondary N) is 1. The van der Waals surface area contributed by atoms with Crippen molar-refractivity contribution in [1.29, 1.82) is 0 Å². The van der Waals surface area contributed by atoms with Gasteiger partial charge in [0.1, 0.15) is 0 Å². The third-order valence-electron chi connectivity index (χ3n) is 6.49. The number of para-hydroxylation sites is 2. The van der Waals surface area contributed by atoms with Gasteiger partial charge in [0, 0.05) is 42.1 Å². The molecule has 2 aromatic rings. The average Bonchev–Trinajstić information content (AvgIpc) is 3.04. The van der Waals surface area contributed by atoms with E-state index in [4.69, 9.17) is 0 Å². The van der Waals surface area contributed by atoms with Gasteiger partial charge in [-0.15, -0.1) is 0 Å². The Kier molecular flexibility index (Phi) is 4.30. The van der Waals surface area contributed by atoms with Crippen molar-refractivity contribution >= 4 is 22.5 Å². The molecule has 0 saturated heterocycles. The Morgan fingerprint density at radius 1 is 0.769 bits per heavy atom. The summed E-state index contributed by atoms with van der Waals surface area (Å²) in [4.78, 5) is 2.74.